The van der Waals surface area contributed by atoms with Crippen molar-refractivity contribution < 1.29 is 19.0 Å². The van der Waals surface area contributed by atoms with Gasteiger partial charge in [0.25, 0.3) is 0 Å². The Hall–Kier alpha value is -1.32. The monoisotopic (exact) mass is 441 g/mol. The summed E-state index contributed by atoms with van der Waals surface area (Å²) in [6.07, 6.45) is 5.62. The number of nitrogens with zero attached hydrogens (tertiary/aromatic N) is 1. The van der Waals surface area contributed by atoms with Crippen LogP contribution >= 0.6 is 23.2 Å². The molecule has 0 aromatic heterocycles. The van der Waals surface area contributed by atoms with Crippen molar-refractivity contribution in [1.82, 2.24) is 0 Å². The average molecular weight is 442 g/mol. The van der Waals surface area contributed by atoms with Crippen molar-refractivity contribution in [3.05, 3.63) is 33.8 Å². The maximum atomic E-state index is 11.7. The third-order valence-electron chi connectivity index (χ3n) is 5.17. The smallest absolute Gasteiger partial charge is 0.305 e. The van der Waals surface area contributed by atoms with Crippen LogP contribution < -0.4 is 0 Å². The van der Waals surface area contributed by atoms with Gasteiger partial charge in [-0.2, -0.15) is 5.26 Å². The van der Waals surface area contributed by atoms with Gasteiger partial charge in [0.15, 0.2) is 6.29 Å². The van der Waals surface area contributed by atoms with E-state index in [0.717, 1.165) is 31.4 Å². The molecule has 1 aliphatic heterocycles. The van der Waals surface area contributed by atoms with Crippen LogP contribution in [0.1, 0.15) is 63.9 Å². The van der Waals surface area contributed by atoms with Crippen LogP contribution in [0, 0.1) is 11.3 Å². The first-order chi connectivity index (χ1) is 14.0. The SMILES string of the molecule is CCOC(=O)CCCC(C#N)(CCCOC1CCCCO1)c1ccc(Cl)c(Cl)c1. The molecule has 0 saturated carbocycles. The molecule has 0 spiro atoms. The maximum Gasteiger partial charge on any atom is 0.305 e. The van der Waals surface area contributed by atoms with E-state index in [0.29, 0.717) is 48.9 Å². The normalized spacial score (nSPS) is 18.6. The van der Waals surface area contributed by atoms with Gasteiger partial charge in [-0.05, 0) is 69.6 Å². The van der Waals surface area contributed by atoms with Gasteiger partial charge < -0.3 is 14.2 Å². The molecule has 1 aromatic rings. The number of carbonyl (C=O) groups excluding carboxylic acids is 1. The van der Waals surface area contributed by atoms with Crippen LogP contribution in [-0.2, 0) is 24.4 Å². The summed E-state index contributed by atoms with van der Waals surface area (Å²) in [6.45, 7) is 3.40. The highest BCUT2D eigenvalue weighted by atomic mass is 35.5. The molecule has 160 valence electrons. The Labute approximate surface area is 183 Å². The third-order valence-corrected chi connectivity index (χ3v) is 5.90. The summed E-state index contributed by atoms with van der Waals surface area (Å²) in [5.74, 6) is -0.244. The molecule has 1 fully saturated rings. The van der Waals surface area contributed by atoms with Gasteiger partial charge in [0, 0.05) is 19.6 Å². The van der Waals surface area contributed by atoms with Crippen molar-refractivity contribution >= 4 is 29.2 Å². The maximum absolute atomic E-state index is 11.7. The molecule has 0 radical (unpaired) electrons. The molecule has 2 rings (SSSR count). The first-order valence-electron chi connectivity index (χ1n) is 10.3. The number of hydrogen-bond acceptors (Lipinski definition) is 5. The first kappa shape index (κ1) is 24.0. The van der Waals surface area contributed by atoms with E-state index in [1.807, 2.05) is 6.07 Å². The highest BCUT2D eigenvalue weighted by Gasteiger charge is 2.32. The fourth-order valence-electron chi connectivity index (χ4n) is 3.58. The third kappa shape index (κ3) is 7.46. The quantitative estimate of drug-likeness (QED) is 0.320. The van der Waals surface area contributed by atoms with Crippen molar-refractivity contribution in [2.45, 2.75) is 70.0 Å². The molecule has 1 saturated heterocycles. The topological polar surface area (TPSA) is 68.6 Å². The summed E-state index contributed by atoms with van der Waals surface area (Å²) in [7, 11) is 0. The van der Waals surface area contributed by atoms with E-state index >= 15 is 0 Å². The second-order valence-corrected chi connectivity index (χ2v) is 8.07. The Morgan fingerprint density at radius 2 is 2.07 bits per heavy atom. The van der Waals surface area contributed by atoms with Crippen molar-refractivity contribution in [2.75, 3.05) is 19.8 Å². The van der Waals surface area contributed by atoms with Crippen LogP contribution in [0.2, 0.25) is 10.0 Å². The van der Waals surface area contributed by atoms with Crippen LogP contribution in [0.5, 0.6) is 0 Å². The van der Waals surface area contributed by atoms with E-state index < -0.39 is 5.41 Å². The van der Waals surface area contributed by atoms with Gasteiger partial charge >= 0.3 is 5.97 Å². The van der Waals surface area contributed by atoms with E-state index in [2.05, 4.69) is 6.07 Å². The average Bonchev–Trinajstić information content (AvgIpc) is 2.73. The Morgan fingerprint density at radius 1 is 1.28 bits per heavy atom. The van der Waals surface area contributed by atoms with Gasteiger partial charge in [-0.25, -0.2) is 0 Å². The lowest BCUT2D eigenvalue weighted by Gasteiger charge is -2.28. The number of esters is 1. The number of benzene rings is 1. The minimum atomic E-state index is -0.766. The second kappa shape index (κ2) is 12.4. The highest BCUT2D eigenvalue weighted by Crippen LogP contribution is 2.37. The number of carbonyl (C=O) groups is 1. The van der Waals surface area contributed by atoms with E-state index in [9.17, 15) is 10.1 Å². The molecule has 0 aliphatic carbocycles. The van der Waals surface area contributed by atoms with E-state index in [4.69, 9.17) is 37.4 Å². The van der Waals surface area contributed by atoms with Crippen LogP contribution in [-0.4, -0.2) is 32.1 Å². The van der Waals surface area contributed by atoms with Crippen LogP contribution in [0.3, 0.4) is 0 Å². The molecule has 7 heteroatoms. The lowest BCUT2D eigenvalue weighted by atomic mass is 9.74. The van der Waals surface area contributed by atoms with Crippen LogP contribution in [0.15, 0.2) is 18.2 Å². The molecule has 29 heavy (non-hydrogen) atoms. The molecule has 2 atom stereocenters. The molecule has 2 unspecified atom stereocenters. The largest absolute Gasteiger partial charge is 0.466 e. The molecule has 1 aliphatic rings. The number of nitriles is 1. The van der Waals surface area contributed by atoms with E-state index in [1.165, 1.54) is 0 Å². The molecule has 1 heterocycles. The lowest BCUT2D eigenvalue weighted by molar-refractivity contribution is -0.163. The number of halogens is 2. The summed E-state index contributed by atoms with van der Waals surface area (Å²) >= 11 is 12.3. The van der Waals surface area contributed by atoms with Crippen molar-refractivity contribution in [1.29, 1.82) is 5.26 Å². The predicted octanol–water partition coefficient (Wildman–Crippen LogP) is 5.81. The van der Waals surface area contributed by atoms with Gasteiger partial charge in [0.2, 0.25) is 0 Å². The Balaban J connectivity index is 2.02. The number of rotatable bonds is 11. The standard InChI is InChI=1S/C22H29Cl2NO4/c1-2-27-20(26)7-5-11-22(16-25,17-9-10-18(23)19(24)15-17)12-6-14-29-21-8-3-4-13-28-21/h9-10,15,21H,2-8,11-14H2,1H3. The highest BCUT2D eigenvalue weighted by molar-refractivity contribution is 6.42. The minimum absolute atomic E-state index is 0.144. The zero-order valence-corrected chi connectivity index (χ0v) is 18.4. The zero-order chi connectivity index (χ0) is 21.1. The Bertz CT molecular complexity index is 701. The molecule has 1 aromatic carbocycles. The van der Waals surface area contributed by atoms with E-state index in [1.54, 1.807) is 19.1 Å². The zero-order valence-electron chi connectivity index (χ0n) is 16.9. The number of ether oxygens (including phenoxy) is 3. The molecular formula is C22H29Cl2NO4. The minimum Gasteiger partial charge on any atom is -0.466 e. The van der Waals surface area contributed by atoms with E-state index in [-0.39, 0.29) is 18.7 Å². The summed E-state index contributed by atoms with van der Waals surface area (Å²) in [6, 6.07) is 7.79. The lowest BCUT2D eigenvalue weighted by Crippen LogP contribution is -2.27. The van der Waals surface area contributed by atoms with Gasteiger partial charge in [-0.1, -0.05) is 29.3 Å². The van der Waals surface area contributed by atoms with Gasteiger partial charge in [-0.15, -0.1) is 0 Å². The fourth-order valence-corrected chi connectivity index (χ4v) is 3.88. The van der Waals surface area contributed by atoms with Crippen LogP contribution in [0.25, 0.3) is 0 Å². The fraction of sp³-hybridized carbons (Fsp3) is 0.636. The predicted molar refractivity (Wildman–Crippen MR) is 113 cm³/mol. The molecule has 0 bridgehead atoms. The number of hydrogen-bond donors (Lipinski definition) is 0. The Kier molecular flexibility index (Phi) is 10.2. The Morgan fingerprint density at radius 3 is 2.72 bits per heavy atom. The molecule has 0 N–H and O–H groups in total. The molecule has 0 amide bonds. The molecular weight excluding hydrogens is 413 g/mol. The van der Waals surface area contributed by atoms with Gasteiger partial charge in [0.1, 0.15) is 0 Å². The second-order valence-electron chi connectivity index (χ2n) is 7.25. The van der Waals surface area contributed by atoms with Crippen molar-refractivity contribution in [3.63, 3.8) is 0 Å². The van der Waals surface area contributed by atoms with Crippen LogP contribution in [0.4, 0.5) is 0 Å². The molecule has 5 nitrogen and oxygen atoms in total. The summed E-state index contributed by atoms with van der Waals surface area (Å²) in [4.78, 5) is 11.7. The summed E-state index contributed by atoms with van der Waals surface area (Å²) < 4.78 is 16.4. The van der Waals surface area contributed by atoms with Crippen molar-refractivity contribution in [3.8, 4) is 6.07 Å². The first-order valence-corrected chi connectivity index (χ1v) is 11.0. The summed E-state index contributed by atoms with van der Waals surface area (Å²) in [5, 5.41) is 11.0. The van der Waals surface area contributed by atoms with Crippen molar-refractivity contribution in [2.24, 2.45) is 0 Å². The van der Waals surface area contributed by atoms with Gasteiger partial charge in [-0.3, -0.25) is 4.79 Å². The summed E-state index contributed by atoms with van der Waals surface area (Å²) in [5.41, 5.74) is 0.0458. The van der Waals surface area contributed by atoms with Gasteiger partial charge in [0.05, 0.1) is 28.1 Å².